The van der Waals surface area contributed by atoms with Crippen LogP contribution in [0.15, 0.2) is 0 Å². The van der Waals surface area contributed by atoms with Crippen LogP contribution in [0.1, 0.15) is 16.4 Å². The maximum absolute atomic E-state index is 10.8. The number of nitrogens with two attached hydrogens (primary N) is 1. The summed E-state index contributed by atoms with van der Waals surface area (Å²) in [6.07, 6.45) is 0. The predicted octanol–water partition coefficient (Wildman–Crippen LogP) is 0.890. The summed E-state index contributed by atoms with van der Waals surface area (Å²) in [6, 6.07) is 0. The molecule has 9 heteroatoms. The van der Waals surface area contributed by atoms with Gasteiger partial charge in [-0.3, -0.25) is 14.8 Å². The van der Waals surface area contributed by atoms with Crippen LogP contribution < -0.4 is 5.73 Å². The maximum Gasteiger partial charge on any atom is 0.312 e. The van der Waals surface area contributed by atoms with Crippen molar-refractivity contribution in [1.29, 1.82) is 0 Å². The molecule has 2 N–H and O–H groups in total. The molecule has 0 saturated carbocycles. The van der Waals surface area contributed by atoms with Gasteiger partial charge in [-0.15, -0.1) is 10.2 Å². The van der Waals surface area contributed by atoms with E-state index in [1.807, 2.05) is 0 Å². The van der Waals surface area contributed by atoms with Crippen molar-refractivity contribution >= 4 is 22.2 Å². The molecule has 17 heavy (non-hydrogen) atoms. The van der Waals surface area contributed by atoms with Gasteiger partial charge in [-0.2, -0.15) is 5.10 Å². The van der Waals surface area contributed by atoms with Crippen LogP contribution in [0.5, 0.6) is 0 Å². The average molecular weight is 254 g/mol. The first-order valence-electron chi connectivity index (χ1n) is 4.75. The minimum Gasteiger partial charge on any atom is -0.374 e. The molecule has 2 rings (SSSR count). The van der Waals surface area contributed by atoms with E-state index >= 15 is 0 Å². The third kappa shape index (κ3) is 2.09. The second kappa shape index (κ2) is 4.09. The normalized spacial score (nSPS) is 10.7. The van der Waals surface area contributed by atoms with Crippen molar-refractivity contribution in [2.24, 2.45) is 0 Å². The van der Waals surface area contributed by atoms with Crippen molar-refractivity contribution in [2.45, 2.75) is 20.4 Å². The monoisotopic (exact) mass is 254 g/mol. The standard InChI is InChI=1S/C8H10N6O2S/c1-4-7(14(15)16)5(2)13(12-4)3-6-10-11-8(9)17-6/h3H2,1-2H3,(H2,9,11). The summed E-state index contributed by atoms with van der Waals surface area (Å²) in [5.74, 6) is 0. The number of nitro groups is 1. The third-order valence-corrected chi connectivity index (χ3v) is 3.03. The van der Waals surface area contributed by atoms with Crippen LogP contribution in [0, 0.1) is 24.0 Å². The molecule has 8 nitrogen and oxygen atoms in total. The molecular weight excluding hydrogens is 244 g/mol. The predicted molar refractivity (Wildman–Crippen MR) is 61.8 cm³/mol. The molecular formula is C8H10N6O2S. The lowest BCUT2D eigenvalue weighted by atomic mass is 10.3. The first-order valence-corrected chi connectivity index (χ1v) is 5.57. The highest BCUT2D eigenvalue weighted by atomic mass is 32.1. The number of aryl methyl sites for hydroxylation is 1. The lowest BCUT2D eigenvalue weighted by Crippen LogP contribution is -2.04. The molecule has 0 bridgehead atoms. The van der Waals surface area contributed by atoms with Crippen molar-refractivity contribution in [1.82, 2.24) is 20.0 Å². The van der Waals surface area contributed by atoms with Gasteiger partial charge in [0.05, 0.1) is 11.5 Å². The Kier molecular flexibility index (Phi) is 2.76. The summed E-state index contributed by atoms with van der Waals surface area (Å²) in [4.78, 5) is 10.4. The van der Waals surface area contributed by atoms with Gasteiger partial charge in [0.1, 0.15) is 16.4 Å². The highest BCUT2D eigenvalue weighted by Gasteiger charge is 2.22. The number of nitrogens with zero attached hydrogens (tertiary/aromatic N) is 5. The first-order chi connectivity index (χ1) is 7.99. The Bertz CT molecular complexity index is 575. The van der Waals surface area contributed by atoms with Crippen LogP contribution in [0.3, 0.4) is 0 Å². The van der Waals surface area contributed by atoms with E-state index in [9.17, 15) is 10.1 Å². The summed E-state index contributed by atoms with van der Waals surface area (Å²) >= 11 is 1.24. The van der Waals surface area contributed by atoms with Gasteiger partial charge in [0, 0.05) is 0 Å². The van der Waals surface area contributed by atoms with Crippen LogP contribution >= 0.6 is 11.3 Å². The molecule has 2 heterocycles. The maximum atomic E-state index is 10.8. The molecule has 0 radical (unpaired) electrons. The summed E-state index contributed by atoms with van der Waals surface area (Å²) in [5, 5.41) is 23.5. The molecule has 0 aliphatic heterocycles. The second-order valence-corrected chi connectivity index (χ2v) is 4.56. The van der Waals surface area contributed by atoms with Crippen molar-refractivity contribution in [2.75, 3.05) is 5.73 Å². The van der Waals surface area contributed by atoms with Crippen LogP contribution in [0.2, 0.25) is 0 Å². The molecule has 0 fully saturated rings. The summed E-state index contributed by atoms with van der Waals surface area (Å²) in [7, 11) is 0. The Balaban J connectivity index is 2.34. The zero-order valence-corrected chi connectivity index (χ0v) is 10.1. The quantitative estimate of drug-likeness (QED) is 0.642. The smallest absolute Gasteiger partial charge is 0.312 e. The molecule has 0 amide bonds. The van der Waals surface area contributed by atoms with Crippen LogP contribution in [0.25, 0.3) is 0 Å². The summed E-state index contributed by atoms with van der Waals surface area (Å²) in [6.45, 7) is 3.61. The summed E-state index contributed by atoms with van der Waals surface area (Å²) in [5.41, 5.74) is 6.40. The molecule has 0 spiro atoms. The Morgan fingerprint density at radius 3 is 2.65 bits per heavy atom. The van der Waals surface area contributed by atoms with Crippen LogP contribution in [-0.4, -0.2) is 24.9 Å². The zero-order chi connectivity index (χ0) is 12.6. The minimum absolute atomic E-state index is 0.0440. The molecule has 0 saturated heterocycles. The van der Waals surface area contributed by atoms with Gasteiger partial charge in [0.25, 0.3) is 0 Å². The third-order valence-electron chi connectivity index (χ3n) is 2.29. The Morgan fingerprint density at radius 2 is 2.18 bits per heavy atom. The van der Waals surface area contributed by atoms with E-state index in [1.165, 1.54) is 16.0 Å². The van der Waals surface area contributed by atoms with E-state index in [2.05, 4.69) is 15.3 Å². The average Bonchev–Trinajstić information content (AvgIpc) is 2.73. The molecule has 0 aromatic carbocycles. The molecule has 0 aliphatic rings. The molecule has 0 atom stereocenters. The topological polar surface area (TPSA) is 113 Å². The van der Waals surface area contributed by atoms with E-state index in [1.54, 1.807) is 13.8 Å². The largest absolute Gasteiger partial charge is 0.374 e. The number of nitrogen functional groups attached to an aromatic ring is 1. The highest BCUT2D eigenvalue weighted by molar-refractivity contribution is 7.15. The molecule has 2 aromatic heterocycles. The fraction of sp³-hybridized carbons (Fsp3) is 0.375. The summed E-state index contributed by atoms with van der Waals surface area (Å²) < 4.78 is 1.54. The van der Waals surface area contributed by atoms with Gasteiger partial charge in [0.2, 0.25) is 5.13 Å². The second-order valence-electron chi connectivity index (χ2n) is 3.47. The molecule has 90 valence electrons. The fourth-order valence-corrected chi connectivity index (χ4v) is 2.16. The van der Waals surface area contributed by atoms with Crippen molar-refractivity contribution in [3.05, 3.63) is 26.5 Å². The van der Waals surface area contributed by atoms with E-state index in [0.29, 0.717) is 28.1 Å². The molecule has 0 aliphatic carbocycles. The number of aromatic nitrogens is 4. The molecule has 0 unspecified atom stereocenters. The van der Waals surface area contributed by atoms with Crippen molar-refractivity contribution in [3.8, 4) is 0 Å². The molecule has 2 aromatic rings. The first kappa shape index (κ1) is 11.5. The Hall–Kier alpha value is -2.03. The zero-order valence-electron chi connectivity index (χ0n) is 9.25. The van der Waals surface area contributed by atoms with E-state index in [0.717, 1.165) is 0 Å². The number of hydrogen-bond donors (Lipinski definition) is 1. The van der Waals surface area contributed by atoms with E-state index in [-0.39, 0.29) is 5.69 Å². The number of anilines is 1. The Morgan fingerprint density at radius 1 is 1.47 bits per heavy atom. The van der Waals surface area contributed by atoms with Crippen molar-refractivity contribution < 1.29 is 4.92 Å². The van der Waals surface area contributed by atoms with Gasteiger partial charge in [-0.05, 0) is 13.8 Å². The van der Waals surface area contributed by atoms with Gasteiger partial charge < -0.3 is 5.73 Å². The van der Waals surface area contributed by atoms with Crippen LogP contribution in [0.4, 0.5) is 10.8 Å². The number of rotatable bonds is 3. The fourth-order valence-electron chi connectivity index (χ4n) is 1.56. The van der Waals surface area contributed by atoms with E-state index in [4.69, 9.17) is 5.73 Å². The van der Waals surface area contributed by atoms with Crippen molar-refractivity contribution in [3.63, 3.8) is 0 Å². The van der Waals surface area contributed by atoms with Gasteiger partial charge in [-0.1, -0.05) is 11.3 Å². The lowest BCUT2D eigenvalue weighted by molar-refractivity contribution is -0.386. The number of hydrogen-bond acceptors (Lipinski definition) is 7. The van der Waals surface area contributed by atoms with Gasteiger partial charge in [0.15, 0.2) is 0 Å². The van der Waals surface area contributed by atoms with Gasteiger partial charge >= 0.3 is 5.69 Å². The lowest BCUT2D eigenvalue weighted by Gasteiger charge is -1.98. The SMILES string of the molecule is Cc1nn(Cc2nnc(N)s2)c(C)c1[N+](=O)[O-]. The van der Waals surface area contributed by atoms with Gasteiger partial charge in [-0.25, -0.2) is 0 Å². The Labute approximate surface area is 100 Å². The van der Waals surface area contributed by atoms with Crippen LogP contribution in [-0.2, 0) is 6.54 Å². The van der Waals surface area contributed by atoms with E-state index < -0.39 is 4.92 Å². The minimum atomic E-state index is -0.428. The highest BCUT2D eigenvalue weighted by Crippen LogP contribution is 2.23.